The SMILES string of the molecule is CCCc1ccc2c(N)c(C(=O)Nc3nc(-c4ccc(OC)cc4)cs3)sc2n1. The van der Waals surface area contributed by atoms with E-state index in [9.17, 15) is 4.79 Å². The van der Waals surface area contributed by atoms with Gasteiger partial charge >= 0.3 is 0 Å². The van der Waals surface area contributed by atoms with E-state index in [1.807, 2.05) is 41.8 Å². The molecule has 0 radical (unpaired) electrons. The fourth-order valence-corrected chi connectivity index (χ4v) is 4.70. The molecule has 1 aromatic carbocycles. The molecule has 1 amide bonds. The van der Waals surface area contributed by atoms with E-state index in [0.29, 0.717) is 15.7 Å². The Kier molecular flexibility index (Phi) is 5.46. The summed E-state index contributed by atoms with van der Waals surface area (Å²) >= 11 is 2.69. The predicted molar refractivity (Wildman–Crippen MR) is 120 cm³/mol. The van der Waals surface area contributed by atoms with E-state index in [-0.39, 0.29) is 5.91 Å². The zero-order chi connectivity index (χ0) is 20.4. The average molecular weight is 425 g/mol. The molecule has 0 bridgehead atoms. The molecular formula is C21H20N4O2S2. The highest BCUT2D eigenvalue weighted by molar-refractivity contribution is 7.21. The molecule has 3 heterocycles. The number of nitrogen functional groups attached to an aromatic ring is 1. The van der Waals surface area contributed by atoms with E-state index in [2.05, 4.69) is 22.2 Å². The fraction of sp³-hybridized carbons (Fsp3) is 0.190. The number of carbonyl (C=O) groups excluding carboxylic acids is 1. The first-order valence-corrected chi connectivity index (χ1v) is 10.9. The van der Waals surface area contributed by atoms with E-state index in [1.54, 1.807) is 7.11 Å². The molecule has 0 saturated carbocycles. The molecule has 0 aliphatic rings. The lowest BCUT2D eigenvalue weighted by Crippen LogP contribution is -2.11. The highest BCUT2D eigenvalue weighted by Crippen LogP contribution is 2.34. The van der Waals surface area contributed by atoms with Gasteiger partial charge in [-0.3, -0.25) is 10.1 Å². The van der Waals surface area contributed by atoms with Gasteiger partial charge in [-0.15, -0.1) is 22.7 Å². The highest BCUT2D eigenvalue weighted by Gasteiger charge is 2.19. The van der Waals surface area contributed by atoms with Crippen LogP contribution in [0.25, 0.3) is 21.5 Å². The summed E-state index contributed by atoms with van der Waals surface area (Å²) in [7, 11) is 1.63. The zero-order valence-electron chi connectivity index (χ0n) is 16.1. The van der Waals surface area contributed by atoms with Crippen LogP contribution in [0, 0.1) is 0 Å². The number of methoxy groups -OCH3 is 1. The number of anilines is 2. The van der Waals surface area contributed by atoms with Gasteiger partial charge < -0.3 is 10.5 Å². The van der Waals surface area contributed by atoms with Crippen LogP contribution >= 0.6 is 22.7 Å². The van der Waals surface area contributed by atoms with Crippen molar-refractivity contribution in [1.82, 2.24) is 9.97 Å². The van der Waals surface area contributed by atoms with Crippen molar-refractivity contribution in [3.63, 3.8) is 0 Å². The van der Waals surface area contributed by atoms with Crippen molar-refractivity contribution in [2.45, 2.75) is 19.8 Å². The number of carbonyl (C=O) groups is 1. The number of benzene rings is 1. The monoisotopic (exact) mass is 424 g/mol. The van der Waals surface area contributed by atoms with E-state index < -0.39 is 0 Å². The Balaban J connectivity index is 1.55. The molecular weight excluding hydrogens is 404 g/mol. The number of hydrogen-bond acceptors (Lipinski definition) is 7. The van der Waals surface area contributed by atoms with E-state index in [0.717, 1.165) is 45.8 Å². The van der Waals surface area contributed by atoms with Gasteiger partial charge in [-0.05, 0) is 42.8 Å². The second-order valence-electron chi connectivity index (χ2n) is 6.47. The zero-order valence-corrected chi connectivity index (χ0v) is 17.7. The molecule has 148 valence electrons. The molecule has 0 aliphatic heterocycles. The summed E-state index contributed by atoms with van der Waals surface area (Å²) in [5.41, 5.74) is 9.45. The molecule has 0 unspecified atom stereocenters. The number of thiazole rings is 1. The van der Waals surface area contributed by atoms with Crippen LogP contribution in [0.3, 0.4) is 0 Å². The molecule has 4 aromatic rings. The number of aromatic nitrogens is 2. The smallest absolute Gasteiger partial charge is 0.269 e. The summed E-state index contributed by atoms with van der Waals surface area (Å²) in [4.78, 5) is 23.2. The van der Waals surface area contributed by atoms with Gasteiger partial charge in [0.2, 0.25) is 0 Å². The summed E-state index contributed by atoms with van der Waals surface area (Å²) in [5.74, 6) is 0.520. The van der Waals surface area contributed by atoms with Crippen LogP contribution in [0.15, 0.2) is 41.8 Å². The Morgan fingerprint density at radius 2 is 1.97 bits per heavy atom. The minimum Gasteiger partial charge on any atom is -0.497 e. The molecule has 0 spiro atoms. The number of ether oxygens (including phenoxy) is 1. The van der Waals surface area contributed by atoms with Gasteiger partial charge in [0.25, 0.3) is 5.91 Å². The van der Waals surface area contributed by atoms with Crippen molar-refractivity contribution in [3.05, 3.63) is 52.3 Å². The number of nitrogens with one attached hydrogen (secondary N) is 1. The van der Waals surface area contributed by atoms with Gasteiger partial charge in [0.1, 0.15) is 15.5 Å². The number of fused-ring (bicyclic) bond motifs is 1. The van der Waals surface area contributed by atoms with Gasteiger partial charge in [0.05, 0.1) is 18.5 Å². The van der Waals surface area contributed by atoms with Crippen molar-refractivity contribution >= 4 is 49.6 Å². The predicted octanol–water partition coefficient (Wildman–Crippen LogP) is 5.22. The maximum atomic E-state index is 12.8. The Bertz CT molecular complexity index is 1170. The van der Waals surface area contributed by atoms with Gasteiger partial charge in [-0.2, -0.15) is 0 Å². The third kappa shape index (κ3) is 3.94. The first kappa shape index (κ1) is 19.4. The molecule has 0 fully saturated rings. The molecule has 29 heavy (non-hydrogen) atoms. The molecule has 3 N–H and O–H groups in total. The quantitative estimate of drug-likeness (QED) is 0.443. The van der Waals surface area contributed by atoms with Gasteiger partial charge in [-0.1, -0.05) is 13.3 Å². The molecule has 4 rings (SSSR count). The van der Waals surface area contributed by atoms with Crippen LogP contribution < -0.4 is 15.8 Å². The topological polar surface area (TPSA) is 90.1 Å². The largest absolute Gasteiger partial charge is 0.497 e. The fourth-order valence-electron chi connectivity index (χ4n) is 2.98. The van der Waals surface area contributed by atoms with Gasteiger partial charge in [-0.25, -0.2) is 9.97 Å². The van der Waals surface area contributed by atoms with Crippen molar-refractivity contribution in [1.29, 1.82) is 0 Å². The van der Waals surface area contributed by atoms with Crippen LogP contribution in [-0.2, 0) is 6.42 Å². The minimum atomic E-state index is -0.266. The summed E-state index contributed by atoms with van der Waals surface area (Å²) in [6.45, 7) is 2.11. The maximum Gasteiger partial charge on any atom is 0.269 e. The summed E-state index contributed by atoms with van der Waals surface area (Å²) < 4.78 is 5.18. The first-order chi connectivity index (χ1) is 14.1. The highest BCUT2D eigenvalue weighted by atomic mass is 32.1. The second-order valence-corrected chi connectivity index (χ2v) is 8.33. The molecule has 3 aromatic heterocycles. The third-order valence-electron chi connectivity index (χ3n) is 4.47. The Morgan fingerprint density at radius 3 is 2.69 bits per heavy atom. The molecule has 0 atom stereocenters. The summed E-state index contributed by atoms with van der Waals surface area (Å²) in [6.07, 6.45) is 1.93. The number of nitrogens with two attached hydrogens (primary N) is 1. The Labute approximate surface area is 176 Å². The van der Waals surface area contributed by atoms with E-state index in [4.69, 9.17) is 10.5 Å². The van der Waals surface area contributed by atoms with Crippen LogP contribution in [0.4, 0.5) is 10.8 Å². The van der Waals surface area contributed by atoms with Crippen molar-refractivity contribution in [2.75, 3.05) is 18.2 Å². The van der Waals surface area contributed by atoms with Gasteiger partial charge in [0, 0.05) is 22.0 Å². The average Bonchev–Trinajstić information content (AvgIpc) is 3.33. The second kappa shape index (κ2) is 8.18. The number of amides is 1. The van der Waals surface area contributed by atoms with E-state index >= 15 is 0 Å². The van der Waals surface area contributed by atoms with Crippen LogP contribution in [0.1, 0.15) is 28.7 Å². The molecule has 6 nitrogen and oxygen atoms in total. The molecule has 0 saturated heterocycles. The third-order valence-corrected chi connectivity index (χ3v) is 6.35. The molecule has 8 heteroatoms. The van der Waals surface area contributed by atoms with Crippen molar-refractivity contribution in [2.24, 2.45) is 0 Å². The van der Waals surface area contributed by atoms with Gasteiger partial charge in [0.15, 0.2) is 5.13 Å². The number of aryl methyl sites for hydroxylation is 1. The Hall–Kier alpha value is -2.97. The number of rotatable bonds is 6. The lowest BCUT2D eigenvalue weighted by molar-refractivity contribution is 0.103. The van der Waals surface area contributed by atoms with Crippen molar-refractivity contribution in [3.8, 4) is 17.0 Å². The van der Waals surface area contributed by atoms with Crippen LogP contribution in [0.5, 0.6) is 5.75 Å². The minimum absolute atomic E-state index is 0.266. The first-order valence-electron chi connectivity index (χ1n) is 9.18. The van der Waals surface area contributed by atoms with Crippen molar-refractivity contribution < 1.29 is 9.53 Å². The summed E-state index contributed by atoms with van der Waals surface area (Å²) in [6, 6.07) is 11.5. The lowest BCUT2D eigenvalue weighted by atomic mass is 10.2. The number of thiophene rings is 1. The summed E-state index contributed by atoms with van der Waals surface area (Å²) in [5, 5.41) is 6.11. The normalized spacial score (nSPS) is 11.0. The number of nitrogens with zero attached hydrogens (tertiary/aromatic N) is 2. The Morgan fingerprint density at radius 1 is 1.17 bits per heavy atom. The molecule has 0 aliphatic carbocycles. The number of hydrogen-bond donors (Lipinski definition) is 2. The van der Waals surface area contributed by atoms with Crippen LogP contribution in [-0.4, -0.2) is 23.0 Å². The van der Waals surface area contributed by atoms with E-state index in [1.165, 1.54) is 22.7 Å². The lowest BCUT2D eigenvalue weighted by Gasteiger charge is -2.01. The standard InChI is InChI=1S/C21H20N4O2S2/c1-3-4-13-7-10-15-17(22)18(29-20(15)23-13)19(26)25-21-24-16(11-28-21)12-5-8-14(27-2)9-6-12/h5-11H,3-4,22H2,1-2H3,(H,24,25,26). The number of pyridine rings is 1. The maximum absolute atomic E-state index is 12.8. The van der Waals surface area contributed by atoms with Crippen LogP contribution in [0.2, 0.25) is 0 Å².